The van der Waals surface area contributed by atoms with Crippen LogP contribution in [0.15, 0.2) is 0 Å². The van der Waals surface area contributed by atoms with Crippen molar-refractivity contribution in [3.63, 3.8) is 0 Å². The molecular weight excluding hydrogens is 160 g/mol. The fourth-order valence-electron chi connectivity index (χ4n) is 0.436. The van der Waals surface area contributed by atoms with Gasteiger partial charge in [-0.05, 0) is 13.8 Å². The van der Waals surface area contributed by atoms with Gasteiger partial charge in [0.2, 0.25) is 5.91 Å². The van der Waals surface area contributed by atoms with Crippen LogP contribution in [-0.2, 0) is 14.3 Å². The highest BCUT2D eigenvalue weighted by atomic mass is 16.5. The van der Waals surface area contributed by atoms with Crippen molar-refractivity contribution in [3.05, 3.63) is 0 Å². The predicted octanol–water partition coefficient (Wildman–Crippen LogP) is -0.421. The minimum absolute atomic E-state index is 0.00748. The van der Waals surface area contributed by atoms with Gasteiger partial charge in [0, 0.05) is 6.92 Å². The lowest BCUT2D eigenvalue weighted by molar-refractivity contribution is -0.131. The van der Waals surface area contributed by atoms with Gasteiger partial charge >= 0.3 is 0 Å². The Bertz CT molecular complexity index is 168. The Morgan fingerprint density at radius 1 is 1.33 bits per heavy atom. The Balaban J connectivity index is 3.40. The van der Waals surface area contributed by atoms with Crippen LogP contribution in [0.5, 0.6) is 0 Å². The first-order valence-corrected chi connectivity index (χ1v) is 3.69. The van der Waals surface area contributed by atoms with Crippen molar-refractivity contribution >= 4 is 11.8 Å². The number of hydrogen-bond acceptors (Lipinski definition) is 3. The molecule has 0 aliphatic rings. The Labute approximate surface area is 71.4 Å². The van der Waals surface area contributed by atoms with Crippen LogP contribution in [0.1, 0.15) is 20.8 Å². The average molecular weight is 174 g/mol. The van der Waals surface area contributed by atoms with E-state index in [1.54, 1.807) is 0 Å². The van der Waals surface area contributed by atoms with Crippen LogP contribution in [0, 0.1) is 0 Å². The highest BCUT2D eigenvalue weighted by Gasteiger charge is 2.02. The van der Waals surface area contributed by atoms with Crippen molar-refractivity contribution in [2.75, 3.05) is 6.61 Å². The molecular formula is C7H14N2O3. The molecule has 0 radical (unpaired) electrons. The van der Waals surface area contributed by atoms with E-state index in [0.717, 1.165) is 0 Å². The van der Waals surface area contributed by atoms with E-state index in [1.165, 1.54) is 6.92 Å². The molecule has 0 aromatic carbocycles. The molecule has 2 amide bonds. The van der Waals surface area contributed by atoms with Gasteiger partial charge in [0.1, 0.15) is 6.61 Å². The number of carbonyl (C=O) groups excluding carboxylic acids is 2. The quantitative estimate of drug-likeness (QED) is 0.571. The minimum Gasteiger partial charge on any atom is -0.369 e. The lowest BCUT2D eigenvalue weighted by atomic mass is 10.5. The number of rotatable bonds is 3. The molecule has 0 saturated heterocycles. The Morgan fingerprint density at radius 3 is 2.33 bits per heavy atom. The highest BCUT2D eigenvalue weighted by Crippen LogP contribution is 1.85. The number of carbonyl (C=O) groups is 2. The maximum Gasteiger partial charge on any atom is 0.264 e. The molecule has 0 aromatic rings. The predicted molar refractivity (Wildman–Crippen MR) is 43.0 cm³/mol. The zero-order valence-corrected chi connectivity index (χ0v) is 7.51. The molecule has 0 unspecified atom stereocenters. The second kappa shape index (κ2) is 5.54. The summed E-state index contributed by atoms with van der Waals surface area (Å²) in [6.45, 7) is 4.92. The van der Waals surface area contributed by atoms with E-state index >= 15 is 0 Å². The van der Waals surface area contributed by atoms with Crippen molar-refractivity contribution in [2.45, 2.75) is 26.9 Å². The van der Waals surface area contributed by atoms with Crippen LogP contribution in [0.4, 0.5) is 0 Å². The molecule has 0 aromatic heterocycles. The van der Waals surface area contributed by atoms with Crippen LogP contribution in [0.3, 0.4) is 0 Å². The first kappa shape index (κ1) is 10.9. The monoisotopic (exact) mass is 174 g/mol. The summed E-state index contributed by atoms with van der Waals surface area (Å²) >= 11 is 0. The van der Waals surface area contributed by atoms with Crippen molar-refractivity contribution < 1.29 is 14.3 Å². The summed E-state index contributed by atoms with van der Waals surface area (Å²) in [5.41, 5.74) is 4.32. The highest BCUT2D eigenvalue weighted by molar-refractivity contribution is 5.81. The molecule has 70 valence electrons. The lowest BCUT2D eigenvalue weighted by Gasteiger charge is -2.07. The number of ether oxygens (including phenoxy) is 1. The van der Waals surface area contributed by atoms with Gasteiger partial charge in [0.05, 0.1) is 6.10 Å². The van der Waals surface area contributed by atoms with Crippen molar-refractivity contribution in [1.29, 1.82) is 0 Å². The van der Waals surface area contributed by atoms with Crippen molar-refractivity contribution in [3.8, 4) is 0 Å². The molecule has 0 bridgehead atoms. The average Bonchev–Trinajstić information content (AvgIpc) is 1.96. The third-order valence-electron chi connectivity index (χ3n) is 0.926. The molecule has 0 aliphatic carbocycles. The van der Waals surface area contributed by atoms with Crippen LogP contribution < -0.4 is 10.9 Å². The summed E-state index contributed by atoms with van der Waals surface area (Å²) < 4.78 is 4.97. The standard InChI is InChI=1S/C7H14N2O3/c1-5(2)12-4-7(11)9-8-6(3)10/h5H,4H2,1-3H3,(H,8,10)(H,9,11). The fraction of sp³-hybridized carbons (Fsp3) is 0.714. The van der Waals surface area contributed by atoms with E-state index in [-0.39, 0.29) is 24.5 Å². The van der Waals surface area contributed by atoms with Gasteiger partial charge in [-0.25, -0.2) is 0 Å². The van der Waals surface area contributed by atoms with E-state index in [4.69, 9.17) is 4.74 Å². The maximum absolute atomic E-state index is 10.8. The number of nitrogens with one attached hydrogen (secondary N) is 2. The summed E-state index contributed by atoms with van der Waals surface area (Å²) in [5.74, 6) is -0.674. The molecule has 2 N–H and O–H groups in total. The van der Waals surface area contributed by atoms with Crippen LogP contribution in [-0.4, -0.2) is 24.5 Å². The summed E-state index contributed by atoms with van der Waals surface area (Å²) in [4.78, 5) is 21.1. The Kier molecular flexibility index (Phi) is 5.03. The molecule has 0 fully saturated rings. The lowest BCUT2D eigenvalue weighted by Crippen LogP contribution is -2.42. The SMILES string of the molecule is CC(=O)NNC(=O)COC(C)C. The molecule has 5 nitrogen and oxygen atoms in total. The van der Waals surface area contributed by atoms with E-state index < -0.39 is 0 Å². The molecule has 0 saturated carbocycles. The molecule has 0 spiro atoms. The first-order valence-electron chi connectivity index (χ1n) is 3.69. The molecule has 12 heavy (non-hydrogen) atoms. The number of hydrogen-bond donors (Lipinski definition) is 2. The van der Waals surface area contributed by atoms with Gasteiger partial charge in [-0.15, -0.1) is 0 Å². The first-order chi connectivity index (χ1) is 5.52. The Morgan fingerprint density at radius 2 is 1.92 bits per heavy atom. The Hall–Kier alpha value is -1.10. The van der Waals surface area contributed by atoms with E-state index in [1.807, 2.05) is 13.8 Å². The van der Waals surface area contributed by atoms with Crippen LogP contribution >= 0.6 is 0 Å². The largest absolute Gasteiger partial charge is 0.369 e. The third-order valence-corrected chi connectivity index (χ3v) is 0.926. The summed E-state index contributed by atoms with van der Waals surface area (Å²) in [7, 11) is 0. The number of amides is 2. The van der Waals surface area contributed by atoms with Crippen LogP contribution in [0.2, 0.25) is 0 Å². The topological polar surface area (TPSA) is 67.4 Å². The number of hydrazine groups is 1. The van der Waals surface area contributed by atoms with Crippen molar-refractivity contribution in [1.82, 2.24) is 10.9 Å². The smallest absolute Gasteiger partial charge is 0.264 e. The fourth-order valence-corrected chi connectivity index (χ4v) is 0.436. The summed E-state index contributed by atoms with van der Waals surface area (Å²) in [6.07, 6.45) is 0.00748. The second-order valence-corrected chi connectivity index (χ2v) is 2.59. The van der Waals surface area contributed by atoms with Gasteiger partial charge in [-0.1, -0.05) is 0 Å². The van der Waals surface area contributed by atoms with E-state index in [2.05, 4.69) is 10.9 Å². The molecule has 0 heterocycles. The maximum atomic E-state index is 10.8. The molecule has 5 heteroatoms. The second-order valence-electron chi connectivity index (χ2n) is 2.59. The summed E-state index contributed by atoms with van der Waals surface area (Å²) in [6, 6.07) is 0. The zero-order valence-electron chi connectivity index (χ0n) is 7.51. The zero-order chi connectivity index (χ0) is 9.56. The normalized spacial score (nSPS) is 9.67. The van der Waals surface area contributed by atoms with Gasteiger partial charge in [-0.3, -0.25) is 20.4 Å². The van der Waals surface area contributed by atoms with E-state index in [0.29, 0.717) is 0 Å². The van der Waals surface area contributed by atoms with Crippen molar-refractivity contribution in [2.24, 2.45) is 0 Å². The van der Waals surface area contributed by atoms with Gasteiger partial charge in [-0.2, -0.15) is 0 Å². The molecule has 0 aliphatic heterocycles. The minimum atomic E-state index is -0.362. The third kappa shape index (κ3) is 7.01. The molecule has 0 atom stereocenters. The summed E-state index contributed by atoms with van der Waals surface area (Å²) in [5, 5.41) is 0. The van der Waals surface area contributed by atoms with Crippen LogP contribution in [0.25, 0.3) is 0 Å². The van der Waals surface area contributed by atoms with Gasteiger partial charge in [0.25, 0.3) is 5.91 Å². The van der Waals surface area contributed by atoms with Gasteiger partial charge in [0.15, 0.2) is 0 Å². The van der Waals surface area contributed by atoms with Gasteiger partial charge < -0.3 is 4.74 Å². The molecule has 0 rings (SSSR count). The van der Waals surface area contributed by atoms with E-state index in [9.17, 15) is 9.59 Å².